The molecule has 1 aromatic rings. The minimum Gasteiger partial charge on any atom is -0.462 e. The zero-order valence-corrected chi connectivity index (χ0v) is 17.0. The number of unbranched alkanes of at least 4 members (excludes halogenated alkanes) is 1. The lowest BCUT2D eigenvalue weighted by Crippen LogP contribution is -3.11. The molecule has 0 saturated carbocycles. The third-order valence-electron chi connectivity index (χ3n) is 3.57. The average molecular weight is 378 g/mol. The second-order valence-electron chi connectivity index (χ2n) is 7.72. The van der Waals surface area contributed by atoms with Gasteiger partial charge in [0.25, 0.3) is 11.8 Å². The van der Waals surface area contributed by atoms with Crippen LogP contribution in [-0.2, 0) is 14.3 Å². The highest BCUT2D eigenvalue weighted by atomic mass is 16.5. The number of carbonyl (C=O) groups excluding carboxylic acids is 3. The van der Waals surface area contributed by atoms with Crippen LogP contribution >= 0.6 is 0 Å². The van der Waals surface area contributed by atoms with Gasteiger partial charge in [-0.1, -0.05) is 13.3 Å². The molecule has 0 bridgehead atoms. The van der Waals surface area contributed by atoms with Crippen molar-refractivity contribution < 1.29 is 24.0 Å². The second-order valence-corrected chi connectivity index (χ2v) is 7.72. The summed E-state index contributed by atoms with van der Waals surface area (Å²) >= 11 is 0. The van der Waals surface area contributed by atoms with E-state index in [1.165, 1.54) is 0 Å². The summed E-state index contributed by atoms with van der Waals surface area (Å²) < 4.78 is 5.15. The Morgan fingerprint density at radius 3 is 2.19 bits per heavy atom. The van der Waals surface area contributed by atoms with E-state index in [1.54, 1.807) is 31.3 Å². The molecule has 27 heavy (non-hydrogen) atoms. The predicted octanol–water partition coefficient (Wildman–Crippen LogP) is 1.01. The van der Waals surface area contributed by atoms with Crippen molar-refractivity contribution in [1.29, 1.82) is 0 Å². The molecule has 0 heterocycles. The summed E-state index contributed by atoms with van der Waals surface area (Å²) in [5.74, 6) is -0.663. The zero-order valence-electron chi connectivity index (χ0n) is 17.0. The lowest BCUT2D eigenvalue weighted by molar-refractivity contribution is -0.862. The molecule has 0 radical (unpaired) electrons. The summed E-state index contributed by atoms with van der Waals surface area (Å²) in [6, 6.07) is 6.57. The number of hydrogen-bond donors (Lipinski definition) is 3. The summed E-state index contributed by atoms with van der Waals surface area (Å²) in [6.45, 7) is 8.56. The van der Waals surface area contributed by atoms with Gasteiger partial charge in [-0.25, -0.2) is 4.79 Å². The SMILES string of the molecule is CCCCOC(=O)c1ccc(NC(=O)C[NH+](C)CC(=O)NC(C)(C)C)cc1. The average Bonchev–Trinajstić information content (AvgIpc) is 2.53. The molecule has 0 aromatic heterocycles. The van der Waals surface area contributed by atoms with Gasteiger partial charge in [-0.15, -0.1) is 0 Å². The molecular weight excluding hydrogens is 346 g/mol. The van der Waals surface area contributed by atoms with Gasteiger partial charge >= 0.3 is 5.97 Å². The molecule has 0 spiro atoms. The molecule has 3 N–H and O–H groups in total. The van der Waals surface area contributed by atoms with Gasteiger partial charge in [-0.3, -0.25) is 9.59 Å². The van der Waals surface area contributed by atoms with Gasteiger partial charge in [-0.05, 0) is 51.5 Å². The number of rotatable bonds is 9. The zero-order chi connectivity index (χ0) is 20.4. The number of carbonyl (C=O) groups is 3. The standard InChI is InChI=1S/C20H31N3O4/c1-6-7-12-27-19(26)15-8-10-16(11-9-15)21-17(24)13-23(5)14-18(25)22-20(2,3)4/h8-11H,6-7,12-14H2,1-5H3,(H,21,24)(H,22,25)/p+1. The van der Waals surface area contributed by atoms with E-state index >= 15 is 0 Å². The van der Waals surface area contributed by atoms with Crippen molar-refractivity contribution in [2.75, 3.05) is 32.1 Å². The van der Waals surface area contributed by atoms with Gasteiger partial charge in [0.15, 0.2) is 13.1 Å². The van der Waals surface area contributed by atoms with Crippen molar-refractivity contribution >= 4 is 23.5 Å². The fourth-order valence-electron chi connectivity index (χ4n) is 2.36. The lowest BCUT2D eigenvalue weighted by Gasteiger charge is -2.21. The van der Waals surface area contributed by atoms with Gasteiger partial charge in [0.05, 0.1) is 19.2 Å². The first-order chi connectivity index (χ1) is 12.6. The Balaban J connectivity index is 2.45. The molecule has 0 fully saturated rings. The minimum absolute atomic E-state index is 0.0984. The molecule has 7 nitrogen and oxygen atoms in total. The van der Waals surface area contributed by atoms with Gasteiger partial charge in [0, 0.05) is 11.2 Å². The summed E-state index contributed by atoms with van der Waals surface area (Å²) in [4.78, 5) is 36.7. The Bertz CT molecular complexity index is 636. The Morgan fingerprint density at radius 2 is 1.63 bits per heavy atom. The number of hydrogen-bond acceptors (Lipinski definition) is 4. The van der Waals surface area contributed by atoms with Crippen LogP contribution in [0.3, 0.4) is 0 Å². The largest absolute Gasteiger partial charge is 0.462 e. The molecule has 0 saturated heterocycles. The Hall–Kier alpha value is -2.41. The van der Waals surface area contributed by atoms with Crippen molar-refractivity contribution in [1.82, 2.24) is 5.32 Å². The van der Waals surface area contributed by atoms with Crippen molar-refractivity contribution in [3.05, 3.63) is 29.8 Å². The third-order valence-corrected chi connectivity index (χ3v) is 3.57. The number of ether oxygens (including phenoxy) is 1. The topological polar surface area (TPSA) is 88.9 Å². The predicted molar refractivity (Wildman–Crippen MR) is 105 cm³/mol. The van der Waals surface area contributed by atoms with Crippen LogP contribution in [-0.4, -0.2) is 50.1 Å². The van der Waals surface area contributed by atoms with Crippen LogP contribution in [0.4, 0.5) is 5.69 Å². The lowest BCUT2D eigenvalue weighted by atomic mass is 10.1. The van der Waals surface area contributed by atoms with Crippen molar-refractivity contribution in [2.24, 2.45) is 0 Å². The van der Waals surface area contributed by atoms with Crippen LogP contribution in [0, 0.1) is 0 Å². The minimum atomic E-state index is -0.365. The molecule has 1 unspecified atom stereocenters. The molecular formula is C20H32N3O4+. The first kappa shape index (κ1) is 22.6. The number of esters is 1. The van der Waals surface area contributed by atoms with Crippen LogP contribution < -0.4 is 15.5 Å². The van der Waals surface area contributed by atoms with E-state index in [1.807, 2.05) is 27.7 Å². The van der Waals surface area contributed by atoms with E-state index in [0.29, 0.717) is 17.9 Å². The van der Waals surface area contributed by atoms with Gasteiger partial charge < -0.3 is 20.3 Å². The first-order valence-corrected chi connectivity index (χ1v) is 9.30. The third kappa shape index (κ3) is 9.75. The maximum atomic E-state index is 12.1. The summed E-state index contributed by atoms with van der Waals surface area (Å²) in [5, 5.41) is 5.64. The van der Waals surface area contributed by atoms with Crippen LogP contribution in [0.5, 0.6) is 0 Å². The summed E-state index contributed by atoms with van der Waals surface area (Å²) in [5.41, 5.74) is 0.752. The van der Waals surface area contributed by atoms with E-state index < -0.39 is 0 Å². The first-order valence-electron chi connectivity index (χ1n) is 9.30. The monoisotopic (exact) mass is 378 g/mol. The molecule has 1 rings (SSSR count). The van der Waals surface area contributed by atoms with Gasteiger partial charge in [0.2, 0.25) is 0 Å². The molecule has 7 heteroatoms. The van der Waals surface area contributed by atoms with E-state index in [0.717, 1.165) is 17.7 Å². The molecule has 0 aliphatic rings. The number of amides is 2. The van der Waals surface area contributed by atoms with Crippen molar-refractivity contribution in [3.63, 3.8) is 0 Å². The van der Waals surface area contributed by atoms with Crippen LogP contribution in [0.1, 0.15) is 50.9 Å². The summed E-state index contributed by atoms with van der Waals surface area (Å²) in [6.07, 6.45) is 1.80. The molecule has 0 aliphatic carbocycles. The van der Waals surface area contributed by atoms with Crippen LogP contribution in [0.25, 0.3) is 0 Å². The highest BCUT2D eigenvalue weighted by molar-refractivity contribution is 5.93. The Morgan fingerprint density at radius 1 is 1.04 bits per heavy atom. The fourth-order valence-corrected chi connectivity index (χ4v) is 2.36. The molecule has 1 atom stereocenters. The molecule has 150 valence electrons. The normalized spacial score (nSPS) is 12.2. The van der Waals surface area contributed by atoms with E-state index in [-0.39, 0.29) is 36.4 Å². The number of benzene rings is 1. The second kappa shape index (κ2) is 10.7. The van der Waals surface area contributed by atoms with Crippen LogP contribution in [0.2, 0.25) is 0 Å². The number of quaternary nitrogens is 1. The number of nitrogens with one attached hydrogen (secondary N) is 3. The van der Waals surface area contributed by atoms with E-state index in [2.05, 4.69) is 10.6 Å². The Labute approximate surface area is 161 Å². The molecule has 0 aliphatic heterocycles. The molecule has 1 aromatic carbocycles. The van der Waals surface area contributed by atoms with Gasteiger partial charge in [-0.2, -0.15) is 0 Å². The van der Waals surface area contributed by atoms with E-state index in [9.17, 15) is 14.4 Å². The van der Waals surface area contributed by atoms with Crippen molar-refractivity contribution in [2.45, 2.75) is 46.1 Å². The van der Waals surface area contributed by atoms with Gasteiger partial charge in [0.1, 0.15) is 0 Å². The maximum absolute atomic E-state index is 12.1. The smallest absolute Gasteiger partial charge is 0.338 e. The number of anilines is 1. The van der Waals surface area contributed by atoms with E-state index in [4.69, 9.17) is 4.74 Å². The highest BCUT2D eigenvalue weighted by Crippen LogP contribution is 2.10. The molecule has 2 amide bonds. The highest BCUT2D eigenvalue weighted by Gasteiger charge is 2.19. The van der Waals surface area contributed by atoms with Crippen molar-refractivity contribution in [3.8, 4) is 0 Å². The fraction of sp³-hybridized carbons (Fsp3) is 0.550. The maximum Gasteiger partial charge on any atom is 0.338 e. The summed E-state index contributed by atoms with van der Waals surface area (Å²) in [7, 11) is 1.79. The quantitative estimate of drug-likeness (QED) is 0.442. The van der Waals surface area contributed by atoms with Crippen LogP contribution in [0.15, 0.2) is 24.3 Å². The Kier molecular flexibility index (Phi) is 8.94. The number of likely N-dealkylation sites (N-methyl/N-ethyl adjacent to an activating group) is 1.